The number of halogens is 1. The molecule has 30 heavy (non-hydrogen) atoms. The predicted octanol–water partition coefficient (Wildman–Crippen LogP) is 4.60. The van der Waals surface area contributed by atoms with Crippen LogP contribution in [0.1, 0.15) is 39.4 Å². The van der Waals surface area contributed by atoms with Gasteiger partial charge in [0.1, 0.15) is 12.3 Å². The number of benzene rings is 1. The molecule has 0 aliphatic rings. The maximum atomic E-state index is 12.6. The third kappa shape index (κ3) is 6.90. The fourth-order valence-corrected chi connectivity index (χ4v) is 2.49. The molecule has 7 heteroatoms. The Bertz CT molecular complexity index is 967. The molecule has 0 saturated carbocycles. The lowest BCUT2D eigenvalue weighted by molar-refractivity contribution is 0.0600. The molecule has 0 aliphatic carbocycles. The molecular formula is C23H23ClN2O4. The Morgan fingerprint density at radius 2 is 1.87 bits per heavy atom. The van der Waals surface area contributed by atoms with Crippen LogP contribution in [0.4, 0.5) is 0 Å². The van der Waals surface area contributed by atoms with Crippen LogP contribution in [0.15, 0.2) is 78.4 Å². The van der Waals surface area contributed by atoms with Gasteiger partial charge in [0.2, 0.25) is 5.88 Å². The Morgan fingerprint density at radius 1 is 1.17 bits per heavy atom. The molecule has 2 aromatic rings. The molecule has 1 unspecified atom stereocenters. The van der Waals surface area contributed by atoms with Crippen LogP contribution in [-0.4, -0.2) is 30.6 Å². The molecule has 1 heterocycles. The second-order valence-electron chi connectivity index (χ2n) is 6.40. The third-order valence-corrected chi connectivity index (χ3v) is 4.17. The molecule has 156 valence electrons. The monoisotopic (exact) mass is 426 g/mol. The van der Waals surface area contributed by atoms with Gasteiger partial charge in [-0.15, -0.1) is 0 Å². The summed E-state index contributed by atoms with van der Waals surface area (Å²) in [5, 5.41) is 3.26. The molecule has 0 spiro atoms. The van der Waals surface area contributed by atoms with Crippen molar-refractivity contribution in [1.29, 1.82) is 0 Å². The summed E-state index contributed by atoms with van der Waals surface area (Å²) < 4.78 is 10.2. The van der Waals surface area contributed by atoms with Crippen molar-refractivity contribution < 1.29 is 19.1 Å². The van der Waals surface area contributed by atoms with Gasteiger partial charge in [-0.05, 0) is 42.3 Å². The minimum absolute atomic E-state index is 0.196. The zero-order chi connectivity index (χ0) is 22.1. The lowest BCUT2D eigenvalue weighted by Crippen LogP contribution is -2.27. The number of hydrogen-bond acceptors (Lipinski definition) is 5. The van der Waals surface area contributed by atoms with E-state index < -0.39 is 5.97 Å². The molecule has 1 aromatic carbocycles. The first-order valence-corrected chi connectivity index (χ1v) is 9.47. The van der Waals surface area contributed by atoms with Gasteiger partial charge in [-0.1, -0.05) is 49.0 Å². The van der Waals surface area contributed by atoms with E-state index in [0.717, 1.165) is 5.56 Å². The number of rotatable bonds is 9. The fourth-order valence-electron chi connectivity index (χ4n) is 2.42. The van der Waals surface area contributed by atoms with E-state index in [0.29, 0.717) is 22.0 Å². The number of esters is 1. The summed E-state index contributed by atoms with van der Waals surface area (Å²) in [6.07, 6.45) is 3.31. The lowest BCUT2D eigenvalue weighted by Gasteiger charge is -2.15. The SMILES string of the molecule is C=C(Cl)/C=C\C(=C)COc1cccc(C(=O)NC(C)c2ccc(C(=O)OC)cc2)n1. The Kier molecular flexibility index (Phi) is 8.38. The number of nitrogens with one attached hydrogen (secondary N) is 1. The van der Waals surface area contributed by atoms with E-state index >= 15 is 0 Å². The fraction of sp³-hybridized carbons (Fsp3) is 0.174. The van der Waals surface area contributed by atoms with Gasteiger partial charge in [-0.2, -0.15) is 0 Å². The van der Waals surface area contributed by atoms with Crippen LogP contribution < -0.4 is 10.1 Å². The summed E-state index contributed by atoms with van der Waals surface area (Å²) in [7, 11) is 1.33. The Balaban J connectivity index is 1.98. The summed E-state index contributed by atoms with van der Waals surface area (Å²) >= 11 is 5.67. The van der Waals surface area contributed by atoms with E-state index in [2.05, 4.69) is 28.2 Å². The van der Waals surface area contributed by atoms with Crippen molar-refractivity contribution in [3.8, 4) is 5.88 Å². The smallest absolute Gasteiger partial charge is 0.337 e. The number of ether oxygens (including phenoxy) is 2. The van der Waals surface area contributed by atoms with E-state index in [1.807, 2.05) is 6.92 Å². The predicted molar refractivity (Wildman–Crippen MR) is 117 cm³/mol. The standard InChI is InChI=1S/C23H23ClN2O4/c1-15(8-9-16(2)24)14-30-21-7-5-6-20(26-21)22(27)25-17(3)18-10-12-19(13-11-18)23(28)29-4/h5-13,17H,1-2,14H2,3-4H3,(H,25,27)/b9-8-. The minimum atomic E-state index is -0.412. The Morgan fingerprint density at radius 3 is 2.50 bits per heavy atom. The molecule has 2 rings (SSSR count). The maximum absolute atomic E-state index is 12.6. The highest BCUT2D eigenvalue weighted by Gasteiger charge is 2.14. The first-order valence-electron chi connectivity index (χ1n) is 9.09. The molecule has 1 atom stereocenters. The van der Waals surface area contributed by atoms with Crippen molar-refractivity contribution in [3.05, 3.63) is 95.2 Å². The van der Waals surface area contributed by atoms with Crippen LogP contribution in [0.25, 0.3) is 0 Å². The number of allylic oxidation sites excluding steroid dienone is 2. The van der Waals surface area contributed by atoms with E-state index in [1.165, 1.54) is 7.11 Å². The first-order chi connectivity index (χ1) is 14.3. The van der Waals surface area contributed by atoms with Gasteiger partial charge in [0.25, 0.3) is 5.91 Å². The molecule has 1 amide bonds. The quantitative estimate of drug-likeness (QED) is 0.468. The highest BCUT2D eigenvalue weighted by atomic mass is 35.5. The molecule has 0 bridgehead atoms. The number of nitrogens with zero attached hydrogens (tertiary/aromatic N) is 1. The zero-order valence-corrected chi connectivity index (χ0v) is 17.6. The van der Waals surface area contributed by atoms with Gasteiger partial charge in [-0.3, -0.25) is 4.79 Å². The minimum Gasteiger partial charge on any atom is -0.473 e. The van der Waals surface area contributed by atoms with Crippen molar-refractivity contribution in [1.82, 2.24) is 10.3 Å². The average Bonchev–Trinajstić information content (AvgIpc) is 2.75. The van der Waals surface area contributed by atoms with Crippen LogP contribution >= 0.6 is 11.6 Å². The van der Waals surface area contributed by atoms with Crippen molar-refractivity contribution in [2.45, 2.75) is 13.0 Å². The van der Waals surface area contributed by atoms with Crippen LogP contribution in [0.3, 0.4) is 0 Å². The number of carbonyl (C=O) groups excluding carboxylic acids is 2. The second kappa shape index (κ2) is 11.0. The summed E-state index contributed by atoms with van der Waals surface area (Å²) in [5.41, 5.74) is 2.18. The highest BCUT2D eigenvalue weighted by Crippen LogP contribution is 2.16. The average molecular weight is 427 g/mol. The topological polar surface area (TPSA) is 77.5 Å². The number of aromatic nitrogens is 1. The van der Waals surface area contributed by atoms with Gasteiger partial charge < -0.3 is 14.8 Å². The molecule has 0 radical (unpaired) electrons. The molecule has 0 aliphatic heterocycles. The largest absolute Gasteiger partial charge is 0.473 e. The molecule has 1 N–H and O–H groups in total. The van der Waals surface area contributed by atoms with Crippen LogP contribution in [0, 0.1) is 0 Å². The number of methoxy groups -OCH3 is 1. The van der Waals surface area contributed by atoms with Crippen molar-refractivity contribution >= 4 is 23.5 Å². The summed E-state index contributed by atoms with van der Waals surface area (Å²) in [5.74, 6) is -0.454. The van der Waals surface area contributed by atoms with Gasteiger partial charge in [-0.25, -0.2) is 9.78 Å². The van der Waals surface area contributed by atoms with E-state index in [4.69, 9.17) is 16.3 Å². The molecule has 0 saturated heterocycles. The number of carbonyl (C=O) groups is 2. The van der Waals surface area contributed by atoms with Gasteiger partial charge in [0.15, 0.2) is 0 Å². The maximum Gasteiger partial charge on any atom is 0.337 e. The van der Waals surface area contributed by atoms with Crippen LogP contribution in [0.5, 0.6) is 5.88 Å². The zero-order valence-electron chi connectivity index (χ0n) is 16.9. The summed E-state index contributed by atoms with van der Waals surface area (Å²) in [4.78, 5) is 28.3. The lowest BCUT2D eigenvalue weighted by atomic mass is 10.1. The van der Waals surface area contributed by atoms with E-state index in [1.54, 1.807) is 54.6 Å². The summed E-state index contributed by atoms with van der Waals surface area (Å²) in [6, 6.07) is 11.5. The van der Waals surface area contributed by atoms with Gasteiger partial charge in [0.05, 0.1) is 18.7 Å². The Hall–Kier alpha value is -3.38. The van der Waals surface area contributed by atoms with Crippen molar-refractivity contribution in [2.24, 2.45) is 0 Å². The normalized spacial score (nSPS) is 11.6. The number of hydrogen-bond donors (Lipinski definition) is 1. The molecule has 1 aromatic heterocycles. The number of amides is 1. The highest BCUT2D eigenvalue weighted by molar-refractivity contribution is 6.30. The number of pyridine rings is 1. The molecule has 0 fully saturated rings. The third-order valence-electron chi connectivity index (χ3n) is 4.04. The van der Waals surface area contributed by atoms with Crippen LogP contribution in [0.2, 0.25) is 0 Å². The first kappa shape index (κ1) is 22.9. The Labute approximate surface area is 180 Å². The van der Waals surface area contributed by atoms with E-state index in [9.17, 15) is 9.59 Å². The van der Waals surface area contributed by atoms with Crippen molar-refractivity contribution in [2.75, 3.05) is 13.7 Å². The summed E-state index contributed by atoms with van der Waals surface area (Å²) in [6.45, 7) is 9.44. The molecular weight excluding hydrogens is 404 g/mol. The van der Waals surface area contributed by atoms with E-state index in [-0.39, 0.29) is 24.2 Å². The van der Waals surface area contributed by atoms with Crippen molar-refractivity contribution in [3.63, 3.8) is 0 Å². The van der Waals surface area contributed by atoms with Crippen LogP contribution in [-0.2, 0) is 4.74 Å². The van der Waals surface area contributed by atoms with Gasteiger partial charge in [0, 0.05) is 11.1 Å². The second-order valence-corrected chi connectivity index (χ2v) is 6.88. The molecule has 6 nitrogen and oxygen atoms in total. The van der Waals surface area contributed by atoms with Gasteiger partial charge >= 0.3 is 5.97 Å².